The number of para-hydroxylation sites is 1. The third-order valence-corrected chi connectivity index (χ3v) is 6.01. The first kappa shape index (κ1) is 23.7. The summed E-state index contributed by atoms with van der Waals surface area (Å²) >= 11 is 12.4. The van der Waals surface area contributed by atoms with Gasteiger partial charge in [0.15, 0.2) is 0 Å². The normalized spacial score (nSPS) is 19.2. The van der Waals surface area contributed by atoms with Gasteiger partial charge in [0.25, 0.3) is 0 Å². The molecule has 1 fully saturated rings. The highest BCUT2D eigenvalue weighted by molar-refractivity contribution is 6.42. The van der Waals surface area contributed by atoms with Crippen LogP contribution in [0.5, 0.6) is 0 Å². The van der Waals surface area contributed by atoms with E-state index < -0.39 is 5.60 Å². The largest absolute Gasteiger partial charge is 0.444 e. The molecule has 0 bridgehead atoms. The van der Waals surface area contributed by atoms with Crippen molar-refractivity contribution >= 4 is 35.0 Å². The number of benzene rings is 2. The van der Waals surface area contributed by atoms with E-state index in [1.54, 1.807) is 4.90 Å². The number of hydrogen-bond donors (Lipinski definition) is 2. The summed E-state index contributed by atoms with van der Waals surface area (Å²) in [6.07, 6.45) is 0.553. The van der Waals surface area contributed by atoms with Crippen molar-refractivity contribution in [1.82, 2.24) is 10.2 Å². The van der Waals surface area contributed by atoms with Crippen molar-refractivity contribution in [3.05, 3.63) is 64.1 Å². The van der Waals surface area contributed by atoms with E-state index in [0.29, 0.717) is 23.1 Å². The lowest BCUT2D eigenvalue weighted by molar-refractivity contribution is 0.0176. The summed E-state index contributed by atoms with van der Waals surface area (Å²) in [5.74, 6) is 0.0905. The Bertz CT molecular complexity index is 871. The monoisotopic (exact) mass is 463 g/mol. The van der Waals surface area contributed by atoms with Crippen LogP contribution < -0.4 is 10.6 Å². The van der Waals surface area contributed by atoms with Crippen molar-refractivity contribution in [3.8, 4) is 0 Å². The van der Waals surface area contributed by atoms with Gasteiger partial charge >= 0.3 is 6.09 Å². The van der Waals surface area contributed by atoms with Crippen LogP contribution in [0.2, 0.25) is 10.0 Å². The predicted octanol–water partition coefficient (Wildman–Crippen LogP) is 5.79. The molecule has 0 radical (unpaired) electrons. The fourth-order valence-corrected chi connectivity index (χ4v) is 4.10. The first-order valence-corrected chi connectivity index (χ1v) is 11.4. The van der Waals surface area contributed by atoms with Crippen molar-refractivity contribution in [2.75, 3.05) is 31.5 Å². The maximum absolute atomic E-state index is 12.7. The van der Waals surface area contributed by atoms with Crippen LogP contribution in [-0.2, 0) is 4.74 Å². The van der Waals surface area contributed by atoms with E-state index in [-0.39, 0.29) is 18.1 Å². The van der Waals surface area contributed by atoms with Crippen LogP contribution >= 0.6 is 23.2 Å². The highest BCUT2D eigenvalue weighted by Gasteiger charge is 2.34. The number of carbonyl (C=O) groups excluding carboxylic acids is 1. The summed E-state index contributed by atoms with van der Waals surface area (Å²) in [5, 5.41) is 8.14. The van der Waals surface area contributed by atoms with Crippen LogP contribution in [0.25, 0.3) is 0 Å². The van der Waals surface area contributed by atoms with Gasteiger partial charge in [0.1, 0.15) is 5.60 Å². The van der Waals surface area contributed by atoms with E-state index in [1.807, 2.05) is 57.2 Å². The van der Waals surface area contributed by atoms with Crippen molar-refractivity contribution in [1.29, 1.82) is 0 Å². The average Bonchev–Trinajstić information content (AvgIpc) is 2.73. The first-order chi connectivity index (χ1) is 14.7. The van der Waals surface area contributed by atoms with E-state index in [9.17, 15) is 4.79 Å². The lowest BCUT2D eigenvalue weighted by Crippen LogP contribution is -2.51. The van der Waals surface area contributed by atoms with Crippen molar-refractivity contribution in [3.63, 3.8) is 0 Å². The lowest BCUT2D eigenvalue weighted by atomic mass is 9.86. The molecule has 3 rings (SSSR count). The summed E-state index contributed by atoms with van der Waals surface area (Å²) in [5.41, 5.74) is 1.65. The van der Waals surface area contributed by atoms with E-state index in [0.717, 1.165) is 30.8 Å². The molecule has 0 aliphatic carbocycles. The zero-order valence-corrected chi connectivity index (χ0v) is 19.8. The highest BCUT2D eigenvalue weighted by atomic mass is 35.5. The van der Waals surface area contributed by atoms with Gasteiger partial charge in [-0.05, 0) is 57.0 Å². The smallest absolute Gasteiger partial charge is 0.410 e. The minimum Gasteiger partial charge on any atom is -0.444 e. The molecule has 2 atom stereocenters. The van der Waals surface area contributed by atoms with Crippen LogP contribution in [0.3, 0.4) is 0 Å². The molecule has 0 aromatic heterocycles. The predicted molar refractivity (Wildman–Crippen MR) is 128 cm³/mol. The number of carbonyl (C=O) groups is 1. The molecule has 0 spiro atoms. The average molecular weight is 464 g/mol. The Labute approximate surface area is 195 Å². The molecule has 1 heterocycles. The van der Waals surface area contributed by atoms with Gasteiger partial charge in [0, 0.05) is 43.8 Å². The number of hydrogen-bond acceptors (Lipinski definition) is 4. The number of likely N-dealkylation sites (tertiary alicyclic amines) is 1. The molecule has 2 aromatic rings. The zero-order chi connectivity index (χ0) is 22.4. The van der Waals surface area contributed by atoms with Gasteiger partial charge in [0.05, 0.1) is 10.0 Å². The van der Waals surface area contributed by atoms with E-state index in [4.69, 9.17) is 27.9 Å². The number of ether oxygens (including phenoxy) is 1. The summed E-state index contributed by atoms with van der Waals surface area (Å²) in [7, 11) is 0. The van der Waals surface area contributed by atoms with Crippen LogP contribution in [0.4, 0.5) is 10.5 Å². The second-order valence-corrected chi connectivity index (χ2v) is 9.66. The molecule has 2 N–H and O–H groups in total. The summed E-state index contributed by atoms with van der Waals surface area (Å²) < 4.78 is 5.60. The third-order valence-electron chi connectivity index (χ3n) is 5.27. The van der Waals surface area contributed by atoms with Gasteiger partial charge < -0.3 is 20.3 Å². The Kier molecular flexibility index (Phi) is 8.09. The Morgan fingerprint density at radius 2 is 1.84 bits per heavy atom. The maximum Gasteiger partial charge on any atom is 0.410 e. The van der Waals surface area contributed by atoms with Crippen molar-refractivity contribution in [2.45, 2.75) is 44.8 Å². The molecular weight excluding hydrogens is 433 g/mol. The topological polar surface area (TPSA) is 53.6 Å². The Morgan fingerprint density at radius 3 is 2.52 bits per heavy atom. The van der Waals surface area contributed by atoms with Gasteiger partial charge in [-0.2, -0.15) is 0 Å². The number of anilines is 1. The minimum absolute atomic E-state index is 0.0905. The van der Waals surface area contributed by atoms with E-state index in [1.165, 1.54) is 0 Å². The van der Waals surface area contributed by atoms with Gasteiger partial charge in [-0.1, -0.05) is 47.5 Å². The molecule has 2 aromatic carbocycles. The summed E-state index contributed by atoms with van der Waals surface area (Å²) in [4.78, 5) is 14.5. The molecule has 0 unspecified atom stereocenters. The number of nitrogens with zero attached hydrogens (tertiary/aromatic N) is 1. The number of rotatable bonds is 6. The molecule has 1 aliphatic rings. The van der Waals surface area contributed by atoms with Crippen LogP contribution in [0.1, 0.15) is 38.7 Å². The lowest BCUT2D eigenvalue weighted by Gasteiger charge is -2.40. The Morgan fingerprint density at radius 1 is 1.10 bits per heavy atom. The maximum atomic E-state index is 12.7. The first-order valence-electron chi connectivity index (χ1n) is 10.7. The highest BCUT2D eigenvalue weighted by Crippen LogP contribution is 2.32. The summed E-state index contributed by atoms with van der Waals surface area (Å²) in [6.45, 7) is 8.49. The summed E-state index contributed by atoms with van der Waals surface area (Å²) in [6, 6.07) is 16.1. The number of piperidine rings is 1. The molecule has 5 nitrogen and oxygen atoms in total. The quantitative estimate of drug-likeness (QED) is 0.532. The SMILES string of the molecule is CC(C)(C)OC(=O)N1CC[C@@H](NCCNc2ccccc2)[C@H](c2ccc(Cl)c(Cl)c2)C1. The molecule has 168 valence electrons. The van der Waals surface area contributed by atoms with Crippen molar-refractivity contribution < 1.29 is 9.53 Å². The van der Waals surface area contributed by atoms with Gasteiger partial charge in [0.2, 0.25) is 0 Å². The minimum atomic E-state index is -0.519. The standard InChI is InChI=1S/C24H31Cl2N3O2/c1-24(2,3)31-23(30)29-14-11-22(28-13-12-27-18-7-5-4-6-8-18)19(16-29)17-9-10-20(25)21(26)15-17/h4-10,15,19,22,27-28H,11-14,16H2,1-3H3/t19-,22+/m0/s1. The second-order valence-electron chi connectivity index (χ2n) is 8.85. The fourth-order valence-electron chi connectivity index (χ4n) is 3.79. The number of nitrogens with one attached hydrogen (secondary N) is 2. The van der Waals surface area contributed by atoms with E-state index in [2.05, 4.69) is 22.8 Å². The molecule has 7 heteroatoms. The Balaban J connectivity index is 1.66. The van der Waals surface area contributed by atoms with Crippen LogP contribution in [0, 0.1) is 0 Å². The molecule has 1 saturated heterocycles. The molecule has 1 amide bonds. The van der Waals surface area contributed by atoms with Gasteiger partial charge in [-0.3, -0.25) is 0 Å². The second kappa shape index (κ2) is 10.6. The van der Waals surface area contributed by atoms with Crippen molar-refractivity contribution in [2.24, 2.45) is 0 Å². The number of amides is 1. The molecular formula is C24H31Cl2N3O2. The van der Waals surface area contributed by atoms with Gasteiger partial charge in [-0.15, -0.1) is 0 Å². The molecule has 1 aliphatic heterocycles. The van der Waals surface area contributed by atoms with Crippen LogP contribution in [0.15, 0.2) is 48.5 Å². The van der Waals surface area contributed by atoms with Crippen LogP contribution in [-0.4, -0.2) is 48.8 Å². The molecule has 31 heavy (non-hydrogen) atoms. The van der Waals surface area contributed by atoms with E-state index >= 15 is 0 Å². The fraction of sp³-hybridized carbons (Fsp3) is 0.458. The third kappa shape index (κ3) is 7.03. The van der Waals surface area contributed by atoms with Gasteiger partial charge in [-0.25, -0.2) is 4.79 Å². The zero-order valence-electron chi connectivity index (χ0n) is 18.3. The molecule has 0 saturated carbocycles. The Hall–Kier alpha value is -1.95. The number of halogens is 2.